The fourth-order valence-electron chi connectivity index (χ4n) is 4.91. The summed E-state index contributed by atoms with van der Waals surface area (Å²) in [5.74, 6) is -0.657. The molecular formula is C30H25FN6O4S. The number of H-pyrrole nitrogens is 1. The van der Waals surface area contributed by atoms with Crippen molar-refractivity contribution in [3.63, 3.8) is 0 Å². The standard InChI is InChI=1S/C30H25FN6O4S/c1-33-30(38)28-21-12-20(25-11-17(15-34-36-25)24-13-19-22(32)5-4-6-23(19)35-24)26(37(2)42(3,39)40)14-27(21)41-29(28)16-7-9-18(31)10-8-16/h4-15,35H,32H2,1-3H3,(H,33,38). The van der Waals surface area contributed by atoms with Gasteiger partial charge in [-0.05, 0) is 54.6 Å². The number of sulfonamides is 1. The minimum Gasteiger partial charge on any atom is -0.455 e. The van der Waals surface area contributed by atoms with Crippen LogP contribution in [0.3, 0.4) is 0 Å². The van der Waals surface area contributed by atoms with Crippen LogP contribution in [0.4, 0.5) is 15.8 Å². The number of amides is 1. The predicted molar refractivity (Wildman–Crippen MR) is 161 cm³/mol. The number of nitrogens with two attached hydrogens (primary N) is 1. The largest absolute Gasteiger partial charge is 0.455 e. The van der Waals surface area contributed by atoms with Crippen molar-refractivity contribution < 1.29 is 22.0 Å². The molecule has 0 unspecified atom stereocenters. The molecule has 6 rings (SSSR count). The number of anilines is 2. The van der Waals surface area contributed by atoms with Gasteiger partial charge in [-0.2, -0.15) is 10.2 Å². The highest BCUT2D eigenvalue weighted by atomic mass is 32.2. The Morgan fingerprint density at radius 1 is 1.05 bits per heavy atom. The van der Waals surface area contributed by atoms with Gasteiger partial charge in [0.05, 0.1) is 29.4 Å². The van der Waals surface area contributed by atoms with Crippen LogP contribution in [0.5, 0.6) is 0 Å². The number of benzene rings is 3. The van der Waals surface area contributed by atoms with Crippen LogP contribution in [0, 0.1) is 5.82 Å². The van der Waals surface area contributed by atoms with Crippen molar-refractivity contribution in [3.05, 3.63) is 84.3 Å². The van der Waals surface area contributed by atoms with E-state index in [4.69, 9.17) is 10.2 Å². The van der Waals surface area contributed by atoms with Crippen molar-refractivity contribution in [1.29, 1.82) is 0 Å². The number of furan rings is 1. The van der Waals surface area contributed by atoms with E-state index in [2.05, 4.69) is 20.5 Å². The Bertz CT molecular complexity index is 2120. The molecule has 10 nitrogen and oxygen atoms in total. The van der Waals surface area contributed by atoms with Gasteiger partial charge in [0.1, 0.15) is 17.2 Å². The van der Waals surface area contributed by atoms with Crippen LogP contribution in [0.1, 0.15) is 10.4 Å². The summed E-state index contributed by atoms with van der Waals surface area (Å²) in [5.41, 5.74) is 11.0. The third kappa shape index (κ3) is 4.61. The van der Waals surface area contributed by atoms with Gasteiger partial charge in [-0.1, -0.05) is 6.07 Å². The molecule has 0 fully saturated rings. The summed E-state index contributed by atoms with van der Waals surface area (Å²) in [6, 6.07) is 18.0. The number of nitrogens with one attached hydrogen (secondary N) is 2. The molecule has 212 valence electrons. The van der Waals surface area contributed by atoms with Crippen LogP contribution in [-0.4, -0.2) is 49.9 Å². The van der Waals surface area contributed by atoms with Gasteiger partial charge in [-0.25, -0.2) is 12.8 Å². The highest BCUT2D eigenvalue weighted by Gasteiger charge is 2.26. The molecule has 12 heteroatoms. The Labute approximate surface area is 240 Å². The second-order valence-corrected chi connectivity index (χ2v) is 11.8. The molecule has 0 spiro atoms. The van der Waals surface area contributed by atoms with E-state index in [1.54, 1.807) is 24.4 Å². The quantitative estimate of drug-likeness (QED) is 0.229. The van der Waals surface area contributed by atoms with E-state index in [-0.39, 0.29) is 22.6 Å². The number of halogens is 1. The van der Waals surface area contributed by atoms with Crippen molar-refractivity contribution in [3.8, 4) is 33.8 Å². The number of nitrogens with zero attached hydrogens (tertiary/aromatic N) is 3. The van der Waals surface area contributed by atoms with Crippen LogP contribution in [0.15, 0.2) is 77.3 Å². The van der Waals surface area contributed by atoms with Gasteiger partial charge >= 0.3 is 0 Å². The monoisotopic (exact) mass is 584 g/mol. The second-order valence-electron chi connectivity index (χ2n) is 9.81. The van der Waals surface area contributed by atoms with E-state index in [1.165, 1.54) is 38.4 Å². The van der Waals surface area contributed by atoms with E-state index in [1.807, 2.05) is 24.3 Å². The van der Waals surface area contributed by atoms with E-state index in [9.17, 15) is 17.6 Å². The van der Waals surface area contributed by atoms with Crippen LogP contribution < -0.4 is 15.4 Å². The fraction of sp³-hybridized carbons (Fsp3) is 0.100. The van der Waals surface area contributed by atoms with Crippen molar-refractivity contribution in [2.75, 3.05) is 30.4 Å². The van der Waals surface area contributed by atoms with E-state index >= 15 is 0 Å². The Hall–Kier alpha value is -5.23. The van der Waals surface area contributed by atoms with Crippen molar-refractivity contribution in [2.45, 2.75) is 0 Å². The van der Waals surface area contributed by atoms with Gasteiger partial charge in [-0.3, -0.25) is 9.10 Å². The first-order chi connectivity index (χ1) is 20.0. The van der Waals surface area contributed by atoms with E-state index < -0.39 is 21.7 Å². The molecule has 0 atom stereocenters. The third-order valence-electron chi connectivity index (χ3n) is 7.14. The van der Waals surface area contributed by atoms with E-state index in [0.717, 1.165) is 27.2 Å². The van der Waals surface area contributed by atoms with E-state index in [0.29, 0.717) is 33.5 Å². The Kier molecular flexibility index (Phi) is 6.42. The van der Waals surface area contributed by atoms with Gasteiger partial charge in [-0.15, -0.1) is 0 Å². The first-order valence-electron chi connectivity index (χ1n) is 12.8. The number of fused-ring (bicyclic) bond motifs is 2. The number of aromatic amines is 1. The predicted octanol–water partition coefficient (Wildman–Crippen LogP) is 5.18. The average Bonchev–Trinajstić information content (AvgIpc) is 3.58. The normalized spacial score (nSPS) is 11.7. The summed E-state index contributed by atoms with van der Waals surface area (Å²) in [7, 11) is -0.810. The molecule has 0 radical (unpaired) electrons. The lowest BCUT2D eigenvalue weighted by Crippen LogP contribution is -2.25. The molecule has 0 saturated heterocycles. The summed E-state index contributed by atoms with van der Waals surface area (Å²) in [5, 5.41) is 12.4. The van der Waals surface area contributed by atoms with Crippen LogP contribution in [-0.2, 0) is 10.0 Å². The molecule has 3 aromatic carbocycles. The minimum absolute atomic E-state index is 0.212. The highest BCUT2D eigenvalue weighted by molar-refractivity contribution is 7.92. The Morgan fingerprint density at radius 3 is 2.50 bits per heavy atom. The number of rotatable bonds is 6. The summed E-state index contributed by atoms with van der Waals surface area (Å²) in [6.07, 6.45) is 2.67. The first-order valence-corrected chi connectivity index (χ1v) is 14.6. The first kappa shape index (κ1) is 27.0. The minimum atomic E-state index is -3.72. The molecule has 0 aliphatic carbocycles. The van der Waals surface area contributed by atoms with Crippen molar-refractivity contribution >= 4 is 49.2 Å². The lowest BCUT2D eigenvalue weighted by molar-refractivity contribution is 0.0964. The molecule has 0 aliphatic heterocycles. The molecule has 6 aromatic rings. The number of aromatic nitrogens is 3. The molecule has 4 N–H and O–H groups in total. The van der Waals surface area contributed by atoms with Crippen LogP contribution >= 0.6 is 0 Å². The topological polar surface area (TPSA) is 147 Å². The molecule has 1 amide bonds. The molecule has 3 aromatic heterocycles. The molecular weight excluding hydrogens is 559 g/mol. The number of hydrogen-bond donors (Lipinski definition) is 3. The summed E-state index contributed by atoms with van der Waals surface area (Å²) in [6.45, 7) is 0. The molecule has 0 saturated carbocycles. The van der Waals surface area contributed by atoms with Gasteiger partial charge in [0.15, 0.2) is 0 Å². The number of nitrogen functional groups attached to an aromatic ring is 1. The summed E-state index contributed by atoms with van der Waals surface area (Å²) >= 11 is 0. The highest BCUT2D eigenvalue weighted by Crippen LogP contribution is 2.41. The van der Waals surface area contributed by atoms with Crippen molar-refractivity contribution in [1.82, 2.24) is 20.5 Å². The summed E-state index contributed by atoms with van der Waals surface area (Å²) in [4.78, 5) is 16.5. The van der Waals surface area contributed by atoms with Gasteiger partial charge in [0.2, 0.25) is 10.0 Å². The Morgan fingerprint density at radius 2 is 1.81 bits per heavy atom. The third-order valence-corrected chi connectivity index (χ3v) is 8.33. The maximum absolute atomic E-state index is 13.7. The van der Waals surface area contributed by atoms with Gasteiger partial charge in [0, 0.05) is 64.5 Å². The fourth-order valence-corrected chi connectivity index (χ4v) is 5.42. The maximum atomic E-state index is 13.7. The lowest BCUT2D eigenvalue weighted by Gasteiger charge is -2.20. The SMILES string of the molecule is CNC(=O)c1c(-c2ccc(F)cc2)oc2cc(N(C)S(C)(=O)=O)c(-c3cc(-c4cc5c(N)cccc5[nH]4)cnn3)cc12. The smallest absolute Gasteiger partial charge is 0.255 e. The molecule has 0 aliphatic rings. The maximum Gasteiger partial charge on any atom is 0.255 e. The average molecular weight is 585 g/mol. The number of hydrogen-bond acceptors (Lipinski definition) is 7. The zero-order chi connectivity index (χ0) is 29.8. The van der Waals surface area contributed by atoms with Gasteiger partial charge < -0.3 is 20.5 Å². The number of carbonyl (C=O) groups excluding carboxylic acids is 1. The molecule has 3 heterocycles. The molecule has 0 bridgehead atoms. The lowest BCUT2D eigenvalue weighted by atomic mass is 10.00. The second kappa shape index (κ2) is 10.00. The number of carbonyl (C=O) groups is 1. The zero-order valence-electron chi connectivity index (χ0n) is 22.8. The zero-order valence-corrected chi connectivity index (χ0v) is 23.6. The summed E-state index contributed by atoms with van der Waals surface area (Å²) < 4.78 is 46.3. The van der Waals surface area contributed by atoms with Gasteiger partial charge in [0.25, 0.3) is 5.91 Å². The molecule has 42 heavy (non-hydrogen) atoms. The van der Waals surface area contributed by atoms with Crippen molar-refractivity contribution in [2.24, 2.45) is 0 Å². The van der Waals surface area contributed by atoms with Crippen LogP contribution in [0.2, 0.25) is 0 Å². The van der Waals surface area contributed by atoms with Crippen LogP contribution in [0.25, 0.3) is 55.7 Å². The Balaban J connectivity index is 1.60.